The monoisotopic (exact) mass is 273 g/mol. The van der Waals surface area contributed by atoms with Crippen molar-refractivity contribution < 1.29 is 0 Å². The average molecular weight is 275 g/mol. The Morgan fingerprint density at radius 2 is 2.36 bits per heavy atom. The van der Waals surface area contributed by atoms with Crippen molar-refractivity contribution in [3.8, 4) is 0 Å². The Balaban J connectivity index is 2.93. The molecule has 0 spiro atoms. The molecule has 0 aliphatic rings. The number of nitrogens with one attached hydrogen (secondary N) is 1. The predicted molar refractivity (Wildman–Crippen MR) is 65.8 cm³/mol. The van der Waals surface area contributed by atoms with Gasteiger partial charge in [0.15, 0.2) is 0 Å². The highest BCUT2D eigenvalue weighted by atomic mass is 79.9. The van der Waals surface area contributed by atoms with Gasteiger partial charge in [-0.3, -0.25) is 0 Å². The summed E-state index contributed by atoms with van der Waals surface area (Å²) in [6.07, 6.45) is 1.88. The average Bonchev–Trinajstić information content (AvgIpc) is 2.19. The highest BCUT2D eigenvalue weighted by Gasteiger charge is 2.07. The van der Waals surface area contributed by atoms with Crippen LogP contribution in [0.5, 0.6) is 0 Å². The largest absolute Gasteiger partial charge is 0.307 e. The molecule has 0 amide bonds. The molecule has 1 unspecified atom stereocenters. The van der Waals surface area contributed by atoms with E-state index in [0.717, 1.165) is 21.6 Å². The summed E-state index contributed by atoms with van der Waals surface area (Å²) in [6.45, 7) is 6.76. The second-order valence-electron chi connectivity index (χ2n) is 2.94. The van der Waals surface area contributed by atoms with Gasteiger partial charge in [-0.15, -0.1) is 6.58 Å². The van der Waals surface area contributed by atoms with E-state index in [4.69, 9.17) is 11.6 Å². The summed E-state index contributed by atoms with van der Waals surface area (Å²) in [4.78, 5) is 0. The third-order valence-electron chi connectivity index (χ3n) is 1.96. The van der Waals surface area contributed by atoms with Crippen LogP contribution in [0.25, 0.3) is 0 Å². The lowest BCUT2D eigenvalue weighted by Gasteiger charge is -2.14. The lowest BCUT2D eigenvalue weighted by molar-refractivity contribution is 0.649. The highest BCUT2D eigenvalue weighted by Crippen LogP contribution is 2.26. The van der Waals surface area contributed by atoms with Crippen molar-refractivity contribution in [1.29, 1.82) is 0 Å². The Hall–Kier alpha value is -0.310. The Bertz CT molecular complexity index is 325. The molecular formula is C11H13BrClN. The van der Waals surface area contributed by atoms with Crippen molar-refractivity contribution >= 4 is 27.5 Å². The fourth-order valence-corrected chi connectivity index (χ4v) is 1.70. The zero-order valence-electron chi connectivity index (χ0n) is 8.06. The molecule has 0 saturated heterocycles. The Labute approximate surface area is 98.3 Å². The first-order valence-electron chi connectivity index (χ1n) is 4.50. The molecule has 0 aliphatic heterocycles. The van der Waals surface area contributed by atoms with Crippen molar-refractivity contribution in [3.05, 3.63) is 45.9 Å². The number of rotatable bonds is 4. The smallest absolute Gasteiger partial charge is 0.0551 e. The summed E-state index contributed by atoms with van der Waals surface area (Å²) in [5, 5.41) is 4.03. The molecular weight excluding hydrogens is 261 g/mol. The standard InChI is InChI=1S/C11H13BrClN/c1-3-11(14-4-2)8-5-6-9(12)10(13)7-8/h3,5-7,11,14H,1,4H2,2H3. The number of hydrogen-bond donors (Lipinski definition) is 1. The Morgan fingerprint density at radius 1 is 1.64 bits per heavy atom. The zero-order chi connectivity index (χ0) is 10.6. The van der Waals surface area contributed by atoms with Gasteiger partial charge in [-0.2, -0.15) is 0 Å². The van der Waals surface area contributed by atoms with Gasteiger partial charge >= 0.3 is 0 Å². The minimum absolute atomic E-state index is 0.172. The first kappa shape index (κ1) is 11.8. The van der Waals surface area contributed by atoms with Gasteiger partial charge in [0.2, 0.25) is 0 Å². The topological polar surface area (TPSA) is 12.0 Å². The highest BCUT2D eigenvalue weighted by molar-refractivity contribution is 9.10. The van der Waals surface area contributed by atoms with Crippen LogP contribution in [-0.2, 0) is 0 Å². The molecule has 1 atom stereocenters. The van der Waals surface area contributed by atoms with Crippen molar-refractivity contribution in [1.82, 2.24) is 5.32 Å². The SMILES string of the molecule is C=CC(NCC)c1ccc(Br)c(Cl)c1. The van der Waals surface area contributed by atoms with E-state index in [9.17, 15) is 0 Å². The lowest BCUT2D eigenvalue weighted by Crippen LogP contribution is -2.18. The molecule has 0 heterocycles. The summed E-state index contributed by atoms with van der Waals surface area (Å²) in [7, 11) is 0. The maximum absolute atomic E-state index is 6.01. The summed E-state index contributed by atoms with van der Waals surface area (Å²) < 4.78 is 0.919. The molecule has 1 aromatic rings. The van der Waals surface area contributed by atoms with Crippen LogP contribution in [0, 0.1) is 0 Å². The molecule has 1 nitrogen and oxygen atoms in total. The molecule has 0 fully saturated rings. The van der Waals surface area contributed by atoms with Crippen LogP contribution in [0.4, 0.5) is 0 Å². The number of likely N-dealkylation sites (N-methyl/N-ethyl adjacent to an activating group) is 1. The van der Waals surface area contributed by atoms with Gasteiger partial charge < -0.3 is 5.32 Å². The second kappa shape index (κ2) is 5.54. The van der Waals surface area contributed by atoms with Crippen LogP contribution in [0.15, 0.2) is 35.3 Å². The molecule has 76 valence electrons. The van der Waals surface area contributed by atoms with Crippen LogP contribution >= 0.6 is 27.5 Å². The molecule has 3 heteroatoms. The molecule has 1 rings (SSSR count). The minimum Gasteiger partial charge on any atom is -0.307 e. The number of halogens is 2. The van der Waals surface area contributed by atoms with E-state index < -0.39 is 0 Å². The van der Waals surface area contributed by atoms with Crippen LogP contribution in [0.2, 0.25) is 5.02 Å². The van der Waals surface area contributed by atoms with Gasteiger partial charge in [-0.1, -0.05) is 30.7 Å². The summed E-state index contributed by atoms with van der Waals surface area (Å²) in [6, 6.07) is 6.10. The van der Waals surface area contributed by atoms with Crippen molar-refractivity contribution in [2.24, 2.45) is 0 Å². The minimum atomic E-state index is 0.172. The van der Waals surface area contributed by atoms with Crippen LogP contribution in [0.1, 0.15) is 18.5 Å². The Morgan fingerprint density at radius 3 is 2.86 bits per heavy atom. The molecule has 0 saturated carbocycles. The Kier molecular flexibility index (Phi) is 4.66. The van der Waals surface area contributed by atoms with Gasteiger partial charge in [-0.05, 0) is 40.2 Å². The lowest BCUT2D eigenvalue weighted by atomic mass is 10.1. The van der Waals surface area contributed by atoms with E-state index in [0.29, 0.717) is 0 Å². The fourth-order valence-electron chi connectivity index (χ4n) is 1.26. The van der Waals surface area contributed by atoms with Crippen molar-refractivity contribution in [2.75, 3.05) is 6.54 Å². The van der Waals surface area contributed by atoms with Gasteiger partial charge in [0.25, 0.3) is 0 Å². The van der Waals surface area contributed by atoms with Gasteiger partial charge in [-0.25, -0.2) is 0 Å². The van der Waals surface area contributed by atoms with E-state index in [1.54, 1.807) is 0 Å². The fraction of sp³-hybridized carbons (Fsp3) is 0.273. The predicted octanol–water partition coefficient (Wildman–Crippen LogP) is 3.94. The summed E-state index contributed by atoms with van der Waals surface area (Å²) in [5.41, 5.74) is 1.13. The quantitative estimate of drug-likeness (QED) is 0.820. The van der Waals surface area contributed by atoms with Crippen molar-refractivity contribution in [3.63, 3.8) is 0 Å². The van der Waals surface area contributed by atoms with Gasteiger partial charge in [0.05, 0.1) is 11.1 Å². The molecule has 1 N–H and O–H groups in total. The van der Waals surface area contributed by atoms with E-state index in [2.05, 4.69) is 34.7 Å². The third kappa shape index (κ3) is 2.84. The van der Waals surface area contributed by atoms with E-state index in [1.807, 2.05) is 24.3 Å². The maximum Gasteiger partial charge on any atom is 0.0551 e. The summed E-state index contributed by atoms with van der Waals surface area (Å²) in [5.74, 6) is 0. The molecule has 0 radical (unpaired) electrons. The molecule has 1 aromatic carbocycles. The van der Waals surface area contributed by atoms with Gasteiger partial charge in [0, 0.05) is 4.47 Å². The zero-order valence-corrected chi connectivity index (χ0v) is 10.4. The van der Waals surface area contributed by atoms with E-state index in [1.165, 1.54) is 0 Å². The maximum atomic E-state index is 6.01. The second-order valence-corrected chi connectivity index (χ2v) is 4.21. The van der Waals surface area contributed by atoms with Crippen LogP contribution in [0.3, 0.4) is 0 Å². The van der Waals surface area contributed by atoms with E-state index in [-0.39, 0.29) is 6.04 Å². The van der Waals surface area contributed by atoms with Crippen LogP contribution < -0.4 is 5.32 Å². The molecule has 0 aliphatic carbocycles. The first-order valence-corrected chi connectivity index (χ1v) is 5.67. The molecule has 0 bridgehead atoms. The van der Waals surface area contributed by atoms with Crippen molar-refractivity contribution in [2.45, 2.75) is 13.0 Å². The first-order chi connectivity index (χ1) is 6.69. The normalized spacial score (nSPS) is 12.5. The number of hydrogen-bond acceptors (Lipinski definition) is 1. The van der Waals surface area contributed by atoms with Crippen LogP contribution in [-0.4, -0.2) is 6.54 Å². The number of benzene rings is 1. The summed E-state index contributed by atoms with van der Waals surface area (Å²) >= 11 is 9.37. The molecule has 14 heavy (non-hydrogen) atoms. The third-order valence-corrected chi connectivity index (χ3v) is 3.19. The van der Waals surface area contributed by atoms with E-state index >= 15 is 0 Å². The molecule has 0 aromatic heterocycles. The van der Waals surface area contributed by atoms with Gasteiger partial charge in [0.1, 0.15) is 0 Å².